The first kappa shape index (κ1) is 14.1. The number of benzene rings is 2. The minimum Gasteiger partial charge on any atom is -0.492 e. The number of ether oxygens (including phenoxy) is 1. The molecule has 22 heavy (non-hydrogen) atoms. The number of para-hydroxylation sites is 2. The molecule has 0 bridgehead atoms. The van der Waals surface area contributed by atoms with E-state index in [1.807, 2.05) is 25.1 Å². The molecule has 5 nitrogen and oxygen atoms in total. The molecule has 0 unspecified atom stereocenters. The van der Waals surface area contributed by atoms with Crippen molar-refractivity contribution in [2.75, 3.05) is 11.9 Å². The highest BCUT2D eigenvalue weighted by molar-refractivity contribution is 6.06. The Bertz CT molecular complexity index is 824. The first-order valence-electron chi connectivity index (χ1n) is 7.07. The molecule has 3 rings (SSSR count). The van der Waals surface area contributed by atoms with E-state index in [1.54, 1.807) is 31.2 Å². The lowest BCUT2D eigenvalue weighted by molar-refractivity contribution is 0.102. The molecule has 1 aromatic heterocycles. The van der Waals surface area contributed by atoms with Gasteiger partial charge in [-0.25, -0.2) is 4.98 Å². The Labute approximate surface area is 127 Å². The van der Waals surface area contributed by atoms with Gasteiger partial charge in [0.1, 0.15) is 11.3 Å². The Morgan fingerprint density at radius 3 is 2.91 bits per heavy atom. The molecule has 0 radical (unpaired) electrons. The Morgan fingerprint density at radius 1 is 1.27 bits per heavy atom. The lowest BCUT2D eigenvalue weighted by atomic mass is 10.2. The van der Waals surface area contributed by atoms with Crippen molar-refractivity contribution in [2.45, 2.75) is 13.8 Å². The maximum Gasteiger partial charge on any atom is 0.255 e. The Kier molecular flexibility index (Phi) is 3.78. The number of carbonyl (C=O) groups excluding carboxylic acids is 1. The summed E-state index contributed by atoms with van der Waals surface area (Å²) in [6, 6.07) is 12.5. The van der Waals surface area contributed by atoms with Crippen LogP contribution in [0.25, 0.3) is 11.1 Å². The van der Waals surface area contributed by atoms with Crippen LogP contribution in [-0.4, -0.2) is 17.5 Å². The van der Waals surface area contributed by atoms with Gasteiger partial charge in [-0.3, -0.25) is 4.79 Å². The van der Waals surface area contributed by atoms with Crippen LogP contribution in [-0.2, 0) is 0 Å². The molecule has 0 aliphatic carbocycles. The summed E-state index contributed by atoms with van der Waals surface area (Å²) >= 11 is 0. The Morgan fingerprint density at radius 2 is 2.09 bits per heavy atom. The van der Waals surface area contributed by atoms with Gasteiger partial charge in [0, 0.05) is 12.5 Å². The fourth-order valence-corrected chi connectivity index (χ4v) is 2.23. The van der Waals surface area contributed by atoms with Crippen molar-refractivity contribution in [2.24, 2.45) is 0 Å². The topological polar surface area (TPSA) is 64.4 Å². The van der Waals surface area contributed by atoms with E-state index in [0.29, 0.717) is 35.1 Å². The summed E-state index contributed by atoms with van der Waals surface area (Å²) in [7, 11) is 0. The molecule has 3 aromatic rings. The van der Waals surface area contributed by atoms with Crippen LogP contribution in [0.2, 0.25) is 0 Å². The Balaban J connectivity index is 1.86. The minimum atomic E-state index is -0.219. The molecule has 1 amide bonds. The fourth-order valence-electron chi connectivity index (χ4n) is 2.23. The SMILES string of the molecule is CCOc1ccccc1NC(=O)c1ccc2nc(C)oc2c1. The van der Waals surface area contributed by atoms with Gasteiger partial charge in [0.05, 0.1) is 12.3 Å². The zero-order valence-corrected chi connectivity index (χ0v) is 12.4. The Hall–Kier alpha value is -2.82. The largest absolute Gasteiger partial charge is 0.492 e. The molecular weight excluding hydrogens is 280 g/mol. The number of fused-ring (bicyclic) bond motifs is 1. The smallest absolute Gasteiger partial charge is 0.255 e. The zero-order chi connectivity index (χ0) is 15.5. The summed E-state index contributed by atoms with van der Waals surface area (Å²) in [4.78, 5) is 16.6. The summed E-state index contributed by atoms with van der Waals surface area (Å²) in [5.74, 6) is 1.01. The second-order valence-corrected chi connectivity index (χ2v) is 4.80. The van der Waals surface area contributed by atoms with E-state index in [9.17, 15) is 4.79 Å². The van der Waals surface area contributed by atoms with Gasteiger partial charge in [0.2, 0.25) is 0 Å². The maximum atomic E-state index is 12.4. The predicted molar refractivity (Wildman–Crippen MR) is 84.3 cm³/mol. The number of rotatable bonds is 4. The number of aryl methyl sites for hydroxylation is 1. The summed E-state index contributed by atoms with van der Waals surface area (Å²) in [5, 5.41) is 2.86. The molecule has 0 aliphatic heterocycles. The van der Waals surface area contributed by atoms with E-state index in [2.05, 4.69) is 10.3 Å². The van der Waals surface area contributed by atoms with Gasteiger partial charge in [0.25, 0.3) is 5.91 Å². The summed E-state index contributed by atoms with van der Waals surface area (Å²) in [6.45, 7) is 4.22. The summed E-state index contributed by atoms with van der Waals surface area (Å²) in [5.41, 5.74) is 2.49. The third-order valence-corrected chi connectivity index (χ3v) is 3.19. The molecular formula is C17H16N2O3. The van der Waals surface area contributed by atoms with Gasteiger partial charge in [-0.15, -0.1) is 0 Å². The molecule has 0 saturated heterocycles. The van der Waals surface area contributed by atoms with Gasteiger partial charge >= 0.3 is 0 Å². The van der Waals surface area contributed by atoms with Crippen molar-refractivity contribution in [3.8, 4) is 5.75 Å². The lowest BCUT2D eigenvalue weighted by Crippen LogP contribution is -2.12. The number of nitrogens with zero attached hydrogens (tertiary/aromatic N) is 1. The van der Waals surface area contributed by atoms with Crippen LogP contribution in [0.1, 0.15) is 23.2 Å². The number of nitrogens with one attached hydrogen (secondary N) is 1. The fraction of sp³-hybridized carbons (Fsp3) is 0.176. The number of oxazole rings is 1. The average Bonchev–Trinajstić information content (AvgIpc) is 2.88. The number of hydrogen-bond donors (Lipinski definition) is 1. The van der Waals surface area contributed by atoms with Crippen LogP contribution in [0.15, 0.2) is 46.9 Å². The number of amides is 1. The second kappa shape index (κ2) is 5.89. The standard InChI is InChI=1S/C17H16N2O3/c1-3-21-15-7-5-4-6-13(15)19-17(20)12-8-9-14-16(10-12)22-11(2)18-14/h4-10H,3H2,1-2H3,(H,19,20). The molecule has 0 atom stereocenters. The molecule has 2 aromatic carbocycles. The number of carbonyl (C=O) groups is 1. The quantitative estimate of drug-likeness (QED) is 0.795. The van der Waals surface area contributed by atoms with Crippen molar-refractivity contribution >= 4 is 22.7 Å². The van der Waals surface area contributed by atoms with E-state index in [-0.39, 0.29) is 5.91 Å². The van der Waals surface area contributed by atoms with Gasteiger partial charge < -0.3 is 14.5 Å². The van der Waals surface area contributed by atoms with Crippen LogP contribution < -0.4 is 10.1 Å². The van der Waals surface area contributed by atoms with Crippen molar-refractivity contribution in [1.82, 2.24) is 4.98 Å². The van der Waals surface area contributed by atoms with Crippen LogP contribution >= 0.6 is 0 Å². The molecule has 0 fully saturated rings. The minimum absolute atomic E-state index is 0.219. The molecule has 0 aliphatic rings. The van der Waals surface area contributed by atoms with Crippen molar-refractivity contribution < 1.29 is 13.9 Å². The molecule has 0 saturated carbocycles. The summed E-state index contributed by atoms with van der Waals surface area (Å²) in [6.07, 6.45) is 0. The molecule has 0 spiro atoms. The number of anilines is 1. The van der Waals surface area contributed by atoms with E-state index >= 15 is 0 Å². The highest BCUT2D eigenvalue weighted by atomic mass is 16.5. The molecule has 5 heteroatoms. The third-order valence-electron chi connectivity index (χ3n) is 3.19. The first-order chi connectivity index (χ1) is 10.7. The number of aromatic nitrogens is 1. The molecule has 1 heterocycles. The van der Waals surface area contributed by atoms with Gasteiger partial charge in [-0.2, -0.15) is 0 Å². The van der Waals surface area contributed by atoms with Gasteiger partial charge in [0.15, 0.2) is 11.5 Å². The number of hydrogen-bond acceptors (Lipinski definition) is 4. The van der Waals surface area contributed by atoms with E-state index in [1.165, 1.54) is 0 Å². The van der Waals surface area contributed by atoms with E-state index < -0.39 is 0 Å². The van der Waals surface area contributed by atoms with Crippen LogP contribution in [0.3, 0.4) is 0 Å². The monoisotopic (exact) mass is 296 g/mol. The van der Waals surface area contributed by atoms with Crippen LogP contribution in [0, 0.1) is 6.92 Å². The predicted octanol–water partition coefficient (Wildman–Crippen LogP) is 3.79. The molecule has 112 valence electrons. The zero-order valence-electron chi connectivity index (χ0n) is 12.4. The van der Waals surface area contributed by atoms with Crippen molar-refractivity contribution in [3.05, 3.63) is 53.9 Å². The first-order valence-corrected chi connectivity index (χ1v) is 7.07. The van der Waals surface area contributed by atoms with Crippen molar-refractivity contribution in [1.29, 1.82) is 0 Å². The van der Waals surface area contributed by atoms with E-state index in [4.69, 9.17) is 9.15 Å². The highest BCUT2D eigenvalue weighted by Crippen LogP contribution is 2.25. The average molecular weight is 296 g/mol. The summed E-state index contributed by atoms with van der Waals surface area (Å²) < 4.78 is 11.0. The van der Waals surface area contributed by atoms with Crippen molar-refractivity contribution in [3.63, 3.8) is 0 Å². The normalized spacial score (nSPS) is 10.6. The van der Waals surface area contributed by atoms with Gasteiger partial charge in [-0.05, 0) is 37.3 Å². The third kappa shape index (κ3) is 2.79. The maximum absolute atomic E-state index is 12.4. The lowest BCUT2D eigenvalue weighted by Gasteiger charge is -2.11. The highest BCUT2D eigenvalue weighted by Gasteiger charge is 2.12. The molecule has 1 N–H and O–H groups in total. The van der Waals surface area contributed by atoms with Crippen LogP contribution in [0.5, 0.6) is 5.75 Å². The van der Waals surface area contributed by atoms with Gasteiger partial charge in [-0.1, -0.05) is 12.1 Å². The van der Waals surface area contributed by atoms with Crippen LogP contribution in [0.4, 0.5) is 5.69 Å². The second-order valence-electron chi connectivity index (χ2n) is 4.80. The van der Waals surface area contributed by atoms with E-state index in [0.717, 1.165) is 5.52 Å².